The molecular formula is C16H26BrFN2. The highest BCUT2D eigenvalue weighted by atomic mass is 79.9. The lowest BCUT2D eigenvalue weighted by Crippen LogP contribution is -2.42. The van der Waals surface area contributed by atoms with E-state index in [4.69, 9.17) is 0 Å². The highest BCUT2D eigenvalue weighted by Gasteiger charge is 2.19. The molecule has 2 nitrogen and oxygen atoms in total. The van der Waals surface area contributed by atoms with Gasteiger partial charge in [-0.25, -0.2) is 4.39 Å². The largest absolute Gasteiger partial charge is 0.311 e. The van der Waals surface area contributed by atoms with Crippen molar-refractivity contribution in [1.29, 1.82) is 0 Å². The highest BCUT2D eigenvalue weighted by Crippen LogP contribution is 2.18. The van der Waals surface area contributed by atoms with Crippen LogP contribution in [0.2, 0.25) is 0 Å². The third-order valence-corrected chi connectivity index (χ3v) is 4.57. The summed E-state index contributed by atoms with van der Waals surface area (Å²) < 4.78 is 14.0. The van der Waals surface area contributed by atoms with Crippen LogP contribution < -0.4 is 5.32 Å². The molecule has 0 aromatic heterocycles. The Labute approximate surface area is 130 Å². The molecule has 1 atom stereocenters. The van der Waals surface area contributed by atoms with Gasteiger partial charge in [0.05, 0.1) is 4.47 Å². The van der Waals surface area contributed by atoms with Crippen LogP contribution >= 0.6 is 15.9 Å². The first-order chi connectivity index (χ1) is 9.49. The van der Waals surface area contributed by atoms with Gasteiger partial charge >= 0.3 is 0 Å². The van der Waals surface area contributed by atoms with E-state index in [1.165, 1.54) is 12.8 Å². The molecule has 0 spiro atoms. The second-order valence-electron chi connectivity index (χ2n) is 5.49. The molecule has 0 aliphatic heterocycles. The summed E-state index contributed by atoms with van der Waals surface area (Å²) in [5.41, 5.74) is 0.979. The zero-order valence-electron chi connectivity index (χ0n) is 12.9. The van der Waals surface area contributed by atoms with Gasteiger partial charge in [-0.15, -0.1) is 0 Å². The van der Waals surface area contributed by atoms with Gasteiger partial charge in [-0.2, -0.15) is 0 Å². The standard InChI is InChI=1S/C16H26BrFN2/c1-5-13(6-2)16(20(3)4)11-19-10-12-7-8-14(17)15(18)9-12/h7-9,13,16,19H,5-6,10-11H2,1-4H3. The SMILES string of the molecule is CCC(CC)C(CNCc1ccc(Br)c(F)c1)N(C)C. The van der Waals surface area contributed by atoms with Gasteiger partial charge in [-0.3, -0.25) is 0 Å². The lowest BCUT2D eigenvalue weighted by atomic mass is 9.93. The molecule has 0 aliphatic carbocycles. The number of hydrogen-bond acceptors (Lipinski definition) is 2. The summed E-state index contributed by atoms with van der Waals surface area (Å²) in [5.74, 6) is 0.493. The fraction of sp³-hybridized carbons (Fsp3) is 0.625. The van der Waals surface area contributed by atoms with Gasteiger partial charge in [0.15, 0.2) is 0 Å². The van der Waals surface area contributed by atoms with E-state index in [-0.39, 0.29) is 5.82 Å². The summed E-state index contributed by atoms with van der Waals surface area (Å²) in [6.07, 6.45) is 2.38. The number of hydrogen-bond donors (Lipinski definition) is 1. The van der Waals surface area contributed by atoms with E-state index in [2.05, 4.69) is 54.1 Å². The van der Waals surface area contributed by atoms with E-state index < -0.39 is 0 Å². The second-order valence-corrected chi connectivity index (χ2v) is 6.34. The van der Waals surface area contributed by atoms with Gasteiger partial charge in [0, 0.05) is 19.1 Å². The monoisotopic (exact) mass is 344 g/mol. The molecule has 0 amide bonds. The molecule has 0 radical (unpaired) electrons. The maximum Gasteiger partial charge on any atom is 0.137 e. The molecule has 1 rings (SSSR count). The number of benzene rings is 1. The zero-order valence-corrected chi connectivity index (χ0v) is 14.5. The van der Waals surface area contributed by atoms with Crippen molar-refractivity contribution in [1.82, 2.24) is 10.2 Å². The van der Waals surface area contributed by atoms with Crippen LogP contribution in [0.3, 0.4) is 0 Å². The fourth-order valence-electron chi connectivity index (χ4n) is 2.62. The van der Waals surface area contributed by atoms with Crippen molar-refractivity contribution in [3.05, 3.63) is 34.1 Å². The van der Waals surface area contributed by atoms with Crippen molar-refractivity contribution in [2.24, 2.45) is 5.92 Å². The van der Waals surface area contributed by atoms with Crippen LogP contribution in [-0.4, -0.2) is 31.6 Å². The summed E-state index contributed by atoms with van der Waals surface area (Å²) in [4.78, 5) is 2.28. The van der Waals surface area contributed by atoms with Gasteiger partial charge in [-0.1, -0.05) is 32.8 Å². The summed E-state index contributed by atoms with van der Waals surface area (Å²) in [5, 5.41) is 3.46. The van der Waals surface area contributed by atoms with Gasteiger partial charge in [0.1, 0.15) is 5.82 Å². The van der Waals surface area contributed by atoms with E-state index in [1.54, 1.807) is 12.1 Å². The minimum atomic E-state index is -0.201. The lowest BCUT2D eigenvalue weighted by Gasteiger charge is -2.31. The first-order valence-corrected chi connectivity index (χ1v) is 8.09. The van der Waals surface area contributed by atoms with Crippen molar-refractivity contribution in [2.75, 3.05) is 20.6 Å². The lowest BCUT2D eigenvalue weighted by molar-refractivity contribution is 0.194. The van der Waals surface area contributed by atoms with Crippen molar-refractivity contribution in [3.63, 3.8) is 0 Å². The average molecular weight is 345 g/mol. The fourth-order valence-corrected chi connectivity index (χ4v) is 2.86. The quantitative estimate of drug-likeness (QED) is 0.765. The molecule has 0 fully saturated rings. The number of nitrogens with zero attached hydrogens (tertiary/aromatic N) is 1. The van der Waals surface area contributed by atoms with Gasteiger partial charge in [0.2, 0.25) is 0 Å². The van der Waals surface area contributed by atoms with E-state index >= 15 is 0 Å². The molecule has 0 aliphatic rings. The number of halogens is 2. The van der Waals surface area contributed by atoms with Crippen molar-refractivity contribution in [3.8, 4) is 0 Å². The molecule has 1 N–H and O–H groups in total. The minimum Gasteiger partial charge on any atom is -0.311 e. The highest BCUT2D eigenvalue weighted by molar-refractivity contribution is 9.10. The van der Waals surface area contributed by atoms with Gasteiger partial charge < -0.3 is 10.2 Å². The molecule has 0 heterocycles. The smallest absolute Gasteiger partial charge is 0.137 e. The molecule has 0 bridgehead atoms. The third kappa shape index (κ3) is 5.15. The van der Waals surface area contributed by atoms with Crippen LogP contribution in [0, 0.1) is 11.7 Å². The molecular weight excluding hydrogens is 319 g/mol. The van der Waals surface area contributed by atoms with Crippen LogP contribution in [0.15, 0.2) is 22.7 Å². The maximum absolute atomic E-state index is 13.4. The van der Waals surface area contributed by atoms with Crippen LogP contribution in [-0.2, 0) is 6.54 Å². The summed E-state index contributed by atoms with van der Waals surface area (Å²) in [6, 6.07) is 5.81. The molecule has 1 aromatic rings. The third-order valence-electron chi connectivity index (χ3n) is 3.92. The summed E-state index contributed by atoms with van der Waals surface area (Å²) >= 11 is 3.18. The number of rotatable bonds is 8. The normalized spacial score (nSPS) is 13.2. The first kappa shape index (κ1) is 17.6. The zero-order chi connectivity index (χ0) is 15.1. The average Bonchev–Trinajstić information content (AvgIpc) is 2.42. The van der Waals surface area contributed by atoms with Crippen molar-refractivity contribution in [2.45, 2.75) is 39.3 Å². The molecule has 114 valence electrons. The first-order valence-electron chi connectivity index (χ1n) is 7.30. The van der Waals surface area contributed by atoms with Crippen LogP contribution in [0.25, 0.3) is 0 Å². The Morgan fingerprint density at radius 3 is 2.40 bits per heavy atom. The summed E-state index contributed by atoms with van der Waals surface area (Å²) in [7, 11) is 4.26. The van der Waals surface area contributed by atoms with Crippen LogP contribution in [0.4, 0.5) is 4.39 Å². The Morgan fingerprint density at radius 1 is 1.25 bits per heavy atom. The maximum atomic E-state index is 13.4. The van der Waals surface area contributed by atoms with Crippen LogP contribution in [0.5, 0.6) is 0 Å². The van der Waals surface area contributed by atoms with E-state index in [0.717, 1.165) is 12.1 Å². The Balaban J connectivity index is 2.53. The summed E-state index contributed by atoms with van der Waals surface area (Å²) in [6.45, 7) is 6.12. The Morgan fingerprint density at radius 2 is 1.90 bits per heavy atom. The Hall–Kier alpha value is -0.450. The van der Waals surface area contributed by atoms with Gasteiger partial charge in [-0.05, 0) is 53.6 Å². The van der Waals surface area contributed by atoms with Crippen molar-refractivity contribution < 1.29 is 4.39 Å². The Bertz CT molecular complexity index is 405. The predicted molar refractivity (Wildman–Crippen MR) is 87.4 cm³/mol. The van der Waals surface area contributed by atoms with E-state index in [9.17, 15) is 4.39 Å². The molecule has 1 unspecified atom stereocenters. The number of nitrogens with one attached hydrogen (secondary N) is 1. The van der Waals surface area contributed by atoms with E-state index in [0.29, 0.717) is 23.0 Å². The molecule has 4 heteroatoms. The Kier molecular flexibility index (Phi) is 7.70. The van der Waals surface area contributed by atoms with Gasteiger partial charge in [0.25, 0.3) is 0 Å². The topological polar surface area (TPSA) is 15.3 Å². The molecule has 0 saturated heterocycles. The molecule has 0 saturated carbocycles. The minimum absolute atomic E-state index is 0.201. The van der Waals surface area contributed by atoms with E-state index in [1.807, 2.05) is 6.07 Å². The molecule has 1 aromatic carbocycles. The predicted octanol–water partition coefficient (Wildman–Crippen LogP) is 4.04. The molecule has 20 heavy (non-hydrogen) atoms. The second kappa shape index (κ2) is 8.75. The van der Waals surface area contributed by atoms with Crippen molar-refractivity contribution >= 4 is 15.9 Å². The van der Waals surface area contributed by atoms with Crippen LogP contribution in [0.1, 0.15) is 32.3 Å². The number of likely N-dealkylation sites (N-methyl/N-ethyl adjacent to an activating group) is 1.